The van der Waals surface area contributed by atoms with Gasteiger partial charge in [-0.2, -0.15) is 5.26 Å². The van der Waals surface area contributed by atoms with E-state index < -0.39 is 15.8 Å². The third-order valence-corrected chi connectivity index (χ3v) is 4.75. The minimum atomic E-state index is -3.75. The zero-order valence-corrected chi connectivity index (χ0v) is 11.2. The molecule has 1 N–H and O–H groups in total. The molecular weight excluding hydrogens is 269 g/mol. The minimum Gasteiger partial charge on any atom is -0.309 e. The summed E-state index contributed by atoms with van der Waals surface area (Å²) in [7, 11) is -3.75. The highest BCUT2D eigenvalue weighted by atomic mass is 32.2. The molecule has 1 aliphatic rings. The second kappa shape index (κ2) is 5.15. The van der Waals surface area contributed by atoms with Crippen molar-refractivity contribution in [3.05, 3.63) is 29.6 Å². The number of hydrogen-bond acceptors (Lipinski definition) is 4. The van der Waals surface area contributed by atoms with Crippen LogP contribution < -0.4 is 4.72 Å². The van der Waals surface area contributed by atoms with Gasteiger partial charge in [0.1, 0.15) is 5.82 Å². The molecule has 1 atom stereocenters. The van der Waals surface area contributed by atoms with Crippen LogP contribution in [0.3, 0.4) is 0 Å². The Morgan fingerprint density at radius 3 is 2.89 bits per heavy atom. The van der Waals surface area contributed by atoms with Crippen molar-refractivity contribution >= 4 is 10.0 Å². The Hall–Kier alpha value is -1.65. The summed E-state index contributed by atoms with van der Waals surface area (Å²) in [4.78, 5) is 1.44. The first-order valence-electron chi connectivity index (χ1n) is 5.85. The van der Waals surface area contributed by atoms with Gasteiger partial charge in [-0.05, 0) is 31.0 Å². The highest BCUT2D eigenvalue weighted by Gasteiger charge is 2.27. The average Bonchev–Trinajstić information content (AvgIpc) is 2.79. The molecule has 0 aliphatic carbocycles. The van der Waals surface area contributed by atoms with Crippen LogP contribution in [0.2, 0.25) is 0 Å². The summed E-state index contributed by atoms with van der Waals surface area (Å²) in [5.74, 6) is -0.587. The second-order valence-electron chi connectivity index (χ2n) is 4.56. The van der Waals surface area contributed by atoms with E-state index in [2.05, 4.69) is 4.72 Å². The van der Waals surface area contributed by atoms with Gasteiger partial charge in [-0.3, -0.25) is 0 Å². The predicted octanol–water partition coefficient (Wildman–Crippen LogP) is 0.968. The molecule has 5 nitrogen and oxygen atoms in total. The van der Waals surface area contributed by atoms with Crippen LogP contribution in [0.15, 0.2) is 23.1 Å². The molecule has 0 bridgehead atoms. The van der Waals surface area contributed by atoms with Gasteiger partial charge in [-0.15, -0.1) is 0 Å². The summed E-state index contributed by atoms with van der Waals surface area (Å²) in [6.07, 6.45) is 2.55. The normalized spacial score (nSPS) is 19.4. The lowest BCUT2D eigenvalue weighted by atomic mass is 10.2. The summed E-state index contributed by atoms with van der Waals surface area (Å²) in [5.41, 5.74) is 0.490. The summed E-state index contributed by atoms with van der Waals surface area (Å²) >= 11 is 0. The molecule has 102 valence electrons. The summed E-state index contributed by atoms with van der Waals surface area (Å²) in [6.45, 7) is 2.50. The molecule has 0 spiro atoms. The maximum Gasteiger partial charge on any atom is 0.241 e. The zero-order valence-electron chi connectivity index (χ0n) is 10.4. The Bertz CT molecular complexity index is 624. The lowest BCUT2D eigenvalue weighted by Gasteiger charge is -2.14. The Morgan fingerprint density at radius 2 is 2.26 bits per heavy atom. The van der Waals surface area contributed by atoms with Gasteiger partial charge in [0, 0.05) is 19.1 Å². The Kier molecular flexibility index (Phi) is 3.73. The van der Waals surface area contributed by atoms with Gasteiger partial charge < -0.3 is 4.90 Å². The zero-order chi connectivity index (χ0) is 14.0. The fourth-order valence-corrected chi connectivity index (χ4v) is 3.61. The van der Waals surface area contributed by atoms with Crippen molar-refractivity contribution in [2.24, 2.45) is 0 Å². The number of likely N-dealkylation sites (tertiary alicyclic amines) is 1. The maximum absolute atomic E-state index is 13.2. The number of aryl methyl sites for hydroxylation is 1. The highest BCUT2D eigenvalue weighted by Crippen LogP contribution is 2.18. The number of hydrogen-bond donors (Lipinski definition) is 1. The van der Waals surface area contributed by atoms with Gasteiger partial charge in [-0.25, -0.2) is 17.5 Å². The molecule has 1 fully saturated rings. The van der Waals surface area contributed by atoms with Gasteiger partial charge >= 0.3 is 0 Å². The van der Waals surface area contributed by atoms with Gasteiger partial charge in [0.25, 0.3) is 0 Å². The van der Waals surface area contributed by atoms with Crippen LogP contribution >= 0.6 is 0 Å². The number of nitrogens with zero attached hydrogens (tertiary/aromatic N) is 2. The molecule has 1 heterocycles. The maximum atomic E-state index is 13.2. The van der Waals surface area contributed by atoms with Gasteiger partial charge in [0.2, 0.25) is 10.0 Å². The molecule has 0 radical (unpaired) electrons. The van der Waals surface area contributed by atoms with Crippen molar-refractivity contribution in [3.63, 3.8) is 0 Å². The first-order chi connectivity index (χ1) is 8.92. The molecule has 2 rings (SSSR count). The number of halogens is 1. The van der Waals surface area contributed by atoms with Crippen LogP contribution in [-0.2, 0) is 10.0 Å². The summed E-state index contributed by atoms with van der Waals surface area (Å²) in [6, 6.07) is 3.35. The number of nitriles is 1. The monoisotopic (exact) mass is 283 g/mol. The van der Waals surface area contributed by atoms with Crippen molar-refractivity contribution in [2.45, 2.75) is 24.3 Å². The summed E-state index contributed by atoms with van der Waals surface area (Å²) < 4.78 is 40.0. The van der Waals surface area contributed by atoms with Crippen molar-refractivity contribution in [1.29, 1.82) is 5.26 Å². The van der Waals surface area contributed by atoms with Gasteiger partial charge in [0.05, 0.1) is 4.90 Å². The van der Waals surface area contributed by atoms with Crippen LogP contribution in [0.1, 0.15) is 12.0 Å². The number of sulfonamides is 1. The first kappa shape index (κ1) is 13.8. The van der Waals surface area contributed by atoms with Crippen molar-refractivity contribution in [1.82, 2.24) is 9.62 Å². The van der Waals surface area contributed by atoms with Crippen LogP contribution in [0.4, 0.5) is 4.39 Å². The Morgan fingerprint density at radius 1 is 1.53 bits per heavy atom. The molecule has 1 unspecified atom stereocenters. The van der Waals surface area contributed by atoms with E-state index in [0.29, 0.717) is 25.1 Å². The highest BCUT2D eigenvalue weighted by molar-refractivity contribution is 7.89. The van der Waals surface area contributed by atoms with Crippen LogP contribution in [0.25, 0.3) is 0 Å². The molecule has 0 saturated carbocycles. The van der Waals surface area contributed by atoms with Crippen LogP contribution in [0.5, 0.6) is 0 Å². The number of rotatable bonds is 3. The molecule has 1 aliphatic heterocycles. The fourth-order valence-electron chi connectivity index (χ4n) is 2.09. The molecule has 1 saturated heterocycles. The van der Waals surface area contributed by atoms with Gasteiger partial charge in [-0.1, -0.05) is 6.07 Å². The van der Waals surface area contributed by atoms with Gasteiger partial charge in [0.15, 0.2) is 6.19 Å². The molecule has 19 heavy (non-hydrogen) atoms. The summed E-state index contributed by atoms with van der Waals surface area (Å²) in [5, 5.41) is 8.73. The standard InChI is InChI=1S/C12H14FN3O2S/c1-9-2-3-10(13)6-12(9)19(17,18)15-11-4-5-16(7-11)8-14/h2-3,6,11,15H,4-5,7H2,1H3. The molecule has 1 aromatic carbocycles. The largest absolute Gasteiger partial charge is 0.309 e. The topological polar surface area (TPSA) is 73.2 Å². The second-order valence-corrected chi connectivity index (χ2v) is 6.25. The molecule has 0 amide bonds. The predicted molar refractivity (Wildman–Crippen MR) is 67.0 cm³/mol. The van der Waals surface area contributed by atoms with E-state index in [1.807, 2.05) is 6.19 Å². The lowest BCUT2D eigenvalue weighted by molar-refractivity contribution is 0.470. The van der Waals surface area contributed by atoms with Crippen LogP contribution in [0, 0.1) is 24.2 Å². The van der Waals surface area contributed by atoms with E-state index >= 15 is 0 Å². The Balaban J connectivity index is 2.20. The SMILES string of the molecule is Cc1ccc(F)cc1S(=O)(=O)NC1CCN(C#N)C1. The average molecular weight is 283 g/mol. The first-order valence-corrected chi connectivity index (χ1v) is 7.34. The smallest absolute Gasteiger partial charge is 0.241 e. The molecule has 0 aromatic heterocycles. The third kappa shape index (κ3) is 3.03. The quantitative estimate of drug-likeness (QED) is 0.839. The van der Waals surface area contributed by atoms with Crippen LogP contribution in [-0.4, -0.2) is 32.4 Å². The minimum absolute atomic E-state index is 0.0529. The van der Waals surface area contributed by atoms with E-state index in [1.54, 1.807) is 6.92 Å². The molecule has 1 aromatic rings. The van der Waals surface area contributed by atoms with Crippen molar-refractivity contribution < 1.29 is 12.8 Å². The van der Waals surface area contributed by atoms with Crippen molar-refractivity contribution in [3.8, 4) is 6.19 Å². The lowest BCUT2D eigenvalue weighted by Crippen LogP contribution is -2.36. The number of nitrogens with one attached hydrogen (secondary N) is 1. The Labute approximate surface area is 111 Å². The third-order valence-electron chi connectivity index (χ3n) is 3.09. The fraction of sp³-hybridized carbons (Fsp3) is 0.417. The van der Waals surface area contributed by atoms with E-state index in [0.717, 1.165) is 6.07 Å². The van der Waals surface area contributed by atoms with E-state index in [4.69, 9.17) is 5.26 Å². The van der Waals surface area contributed by atoms with E-state index in [9.17, 15) is 12.8 Å². The van der Waals surface area contributed by atoms with E-state index in [-0.39, 0.29) is 10.9 Å². The number of benzene rings is 1. The van der Waals surface area contributed by atoms with E-state index in [1.165, 1.54) is 17.0 Å². The molecule has 7 heteroatoms. The van der Waals surface area contributed by atoms with Crippen molar-refractivity contribution in [2.75, 3.05) is 13.1 Å². The molecular formula is C12H14FN3O2S.